The maximum atomic E-state index is 5.43. The lowest BCUT2D eigenvalue weighted by atomic mass is 9.99. The van der Waals surface area contributed by atoms with Gasteiger partial charge in [-0.2, -0.15) is 4.98 Å². The van der Waals surface area contributed by atoms with E-state index in [1.165, 1.54) is 4.90 Å². The van der Waals surface area contributed by atoms with E-state index in [2.05, 4.69) is 48.4 Å². The Labute approximate surface area is 130 Å². The van der Waals surface area contributed by atoms with Gasteiger partial charge in [0, 0.05) is 10.9 Å². The van der Waals surface area contributed by atoms with Crippen LogP contribution in [0.15, 0.2) is 39.8 Å². The summed E-state index contributed by atoms with van der Waals surface area (Å²) in [5, 5.41) is 7.56. The molecule has 1 heterocycles. The van der Waals surface area contributed by atoms with E-state index in [4.69, 9.17) is 4.52 Å². The number of benzene rings is 1. The van der Waals surface area contributed by atoms with Crippen LogP contribution in [-0.4, -0.2) is 22.7 Å². The number of rotatable bonds is 8. The third-order valence-electron chi connectivity index (χ3n) is 3.49. The largest absolute Gasteiger partial charge is 0.339 e. The van der Waals surface area contributed by atoms with Crippen LogP contribution in [0.2, 0.25) is 0 Å². The molecule has 0 spiro atoms. The van der Waals surface area contributed by atoms with Crippen molar-refractivity contribution in [3.63, 3.8) is 0 Å². The Bertz CT molecular complexity index is 529. The molecule has 0 bridgehead atoms. The van der Waals surface area contributed by atoms with Gasteiger partial charge in [-0.15, -0.1) is 11.8 Å². The molecular formula is C16H23N3OS. The van der Waals surface area contributed by atoms with Crippen molar-refractivity contribution in [2.45, 2.75) is 49.8 Å². The lowest BCUT2D eigenvalue weighted by molar-refractivity contribution is 0.320. The topological polar surface area (TPSA) is 51.0 Å². The first kappa shape index (κ1) is 16.0. The van der Waals surface area contributed by atoms with Crippen LogP contribution in [0.3, 0.4) is 0 Å². The summed E-state index contributed by atoms with van der Waals surface area (Å²) in [7, 11) is 0. The molecule has 2 unspecified atom stereocenters. The fourth-order valence-electron chi connectivity index (χ4n) is 2.28. The second-order valence-electron chi connectivity index (χ2n) is 5.01. The van der Waals surface area contributed by atoms with E-state index in [1.54, 1.807) is 11.8 Å². The van der Waals surface area contributed by atoms with Crippen molar-refractivity contribution in [3.8, 4) is 0 Å². The molecule has 21 heavy (non-hydrogen) atoms. The van der Waals surface area contributed by atoms with Gasteiger partial charge in [0.05, 0.1) is 11.7 Å². The molecule has 114 valence electrons. The molecule has 2 atom stereocenters. The summed E-state index contributed by atoms with van der Waals surface area (Å²) in [5.41, 5.74) is 0. The molecule has 1 N–H and O–H groups in total. The average molecular weight is 305 g/mol. The first-order chi connectivity index (χ1) is 10.2. The van der Waals surface area contributed by atoms with Crippen LogP contribution in [0.4, 0.5) is 0 Å². The summed E-state index contributed by atoms with van der Waals surface area (Å²) in [6.07, 6.45) is 1.05. The van der Waals surface area contributed by atoms with Crippen molar-refractivity contribution >= 4 is 11.8 Å². The van der Waals surface area contributed by atoms with Crippen LogP contribution >= 0.6 is 11.8 Å². The SMILES string of the molecule is CCNC(CC)C(C)c1nc(CSc2ccccc2)no1. The summed E-state index contributed by atoms with van der Waals surface area (Å²) in [4.78, 5) is 5.76. The third kappa shape index (κ3) is 4.58. The lowest BCUT2D eigenvalue weighted by Crippen LogP contribution is -2.33. The van der Waals surface area contributed by atoms with Crippen molar-refractivity contribution in [1.29, 1.82) is 0 Å². The highest BCUT2D eigenvalue weighted by molar-refractivity contribution is 7.98. The molecule has 0 aliphatic rings. The quantitative estimate of drug-likeness (QED) is 0.751. The molecule has 0 fully saturated rings. The summed E-state index contributed by atoms with van der Waals surface area (Å²) in [5.74, 6) is 2.46. The molecule has 5 heteroatoms. The highest BCUT2D eigenvalue weighted by atomic mass is 32.2. The van der Waals surface area contributed by atoms with Gasteiger partial charge in [-0.05, 0) is 25.1 Å². The molecule has 0 radical (unpaired) electrons. The zero-order chi connectivity index (χ0) is 15.1. The van der Waals surface area contributed by atoms with Crippen LogP contribution in [0, 0.1) is 0 Å². The van der Waals surface area contributed by atoms with Crippen molar-refractivity contribution < 1.29 is 4.52 Å². The molecule has 0 aliphatic heterocycles. The number of hydrogen-bond donors (Lipinski definition) is 1. The van der Waals surface area contributed by atoms with Gasteiger partial charge < -0.3 is 9.84 Å². The van der Waals surface area contributed by atoms with Crippen LogP contribution in [-0.2, 0) is 5.75 Å². The Morgan fingerprint density at radius 2 is 2.00 bits per heavy atom. The molecule has 0 aliphatic carbocycles. The Morgan fingerprint density at radius 1 is 1.24 bits per heavy atom. The summed E-state index contributed by atoms with van der Waals surface area (Å²) >= 11 is 1.72. The fraction of sp³-hybridized carbons (Fsp3) is 0.500. The van der Waals surface area contributed by atoms with Crippen LogP contribution in [0.25, 0.3) is 0 Å². The second-order valence-corrected chi connectivity index (χ2v) is 6.06. The van der Waals surface area contributed by atoms with Gasteiger partial charge in [0.15, 0.2) is 5.82 Å². The minimum absolute atomic E-state index is 0.234. The van der Waals surface area contributed by atoms with Gasteiger partial charge in [0.2, 0.25) is 5.89 Å². The van der Waals surface area contributed by atoms with Gasteiger partial charge in [0.1, 0.15) is 0 Å². The standard InChI is InChI=1S/C16H23N3OS/c1-4-14(17-5-2)12(3)16-18-15(19-20-16)11-21-13-9-7-6-8-10-13/h6-10,12,14,17H,4-5,11H2,1-3H3. The highest BCUT2D eigenvalue weighted by Crippen LogP contribution is 2.23. The maximum Gasteiger partial charge on any atom is 0.231 e. The smallest absolute Gasteiger partial charge is 0.231 e. The van der Waals surface area contributed by atoms with E-state index in [1.807, 2.05) is 18.2 Å². The Hall–Kier alpha value is -1.33. The van der Waals surface area contributed by atoms with Crippen molar-refractivity contribution in [3.05, 3.63) is 42.0 Å². The normalized spacial score (nSPS) is 14.0. The van der Waals surface area contributed by atoms with E-state index in [9.17, 15) is 0 Å². The number of hydrogen-bond acceptors (Lipinski definition) is 5. The minimum atomic E-state index is 0.234. The Morgan fingerprint density at radius 3 is 2.67 bits per heavy atom. The van der Waals surface area contributed by atoms with Crippen molar-refractivity contribution in [1.82, 2.24) is 15.5 Å². The van der Waals surface area contributed by atoms with Gasteiger partial charge in [0.25, 0.3) is 0 Å². The molecule has 2 aromatic rings. The molecule has 0 saturated heterocycles. The van der Waals surface area contributed by atoms with Gasteiger partial charge >= 0.3 is 0 Å². The number of likely N-dealkylation sites (N-methyl/N-ethyl adjacent to an activating group) is 1. The van der Waals surface area contributed by atoms with Gasteiger partial charge in [-0.3, -0.25) is 0 Å². The van der Waals surface area contributed by atoms with Crippen LogP contribution in [0.5, 0.6) is 0 Å². The maximum absolute atomic E-state index is 5.43. The summed E-state index contributed by atoms with van der Waals surface area (Å²) in [6, 6.07) is 10.6. The first-order valence-corrected chi connectivity index (χ1v) is 8.46. The number of thioether (sulfide) groups is 1. The minimum Gasteiger partial charge on any atom is -0.339 e. The molecule has 1 aromatic heterocycles. The van der Waals surface area contributed by atoms with E-state index in [0.717, 1.165) is 30.4 Å². The Kier molecular flexibility index (Phi) is 6.26. The number of nitrogens with zero attached hydrogens (tertiary/aromatic N) is 2. The average Bonchev–Trinajstić information content (AvgIpc) is 3.00. The lowest BCUT2D eigenvalue weighted by Gasteiger charge is -2.20. The zero-order valence-corrected chi connectivity index (χ0v) is 13.7. The fourth-order valence-corrected chi connectivity index (χ4v) is 3.05. The molecular weight excluding hydrogens is 282 g/mol. The summed E-state index contributed by atoms with van der Waals surface area (Å²) in [6.45, 7) is 7.38. The Balaban J connectivity index is 1.94. The van der Waals surface area contributed by atoms with E-state index in [0.29, 0.717) is 6.04 Å². The van der Waals surface area contributed by atoms with Gasteiger partial charge in [-0.25, -0.2) is 0 Å². The summed E-state index contributed by atoms with van der Waals surface area (Å²) < 4.78 is 5.43. The molecule has 1 aromatic carbocycles. The highest BCUT2D eigenvalue weighted by Gasteiger charge is 2.22. The van der Waals surface area contributed by atoms with Crippen molar-refractivity contribution in [2.75, 3.05) is 6.54 Å². The van der Waals surface area contributed by atoms with E-state index in [-0.39, 0.29) is 5.92 Å². The van der Waals surface area contributed by atoms with Crippen LogP contribution < -0.4 is 5.32 Å². The molecule has 0 saturated carbocycles. The molecule has 2 rings (SSSR count). The van der Waals surface area contributed by atoms with Crippen molar-refractivity contribution in [2.24, 2.45) is 0 Å². The predicted molar refractivity (Wildman–Crippen MR) is 86.5 cm³/mol. The second kappa shape index (κ2) is 8.20. The van der Waals surface area contributed by atoms with E-state index >= 15 is 0 Å². The monoisotopic (exact) mass is 305 g/mol. The third-order valence-corrected chi connectivity index (χ3v) is 4.50. The van der Waals surface area contributed by atoms with E-state index < -0.39 is 0 Å². The van der Waals surface area contributed by atoms with Gasteiger partial charge in [-0.1, -0.05) is 44.1 Å². The number of nitrogens with one attached hydrogen (secondary N) is 1. The zero-order valence-electron chi connectivity index (χ0n) is 12.9. The molecule has 0 amide bonds. The predicted octanol–water partition coefficient (Wildman–Crippen LogP) is 3.85. The number of aromatic nitrogens is 2. The van der Waals surface area contributed by atoms with Crippen LogP contribution in [0.1, 0.15) is 44.8 Å². The first-order valence-electron chi connectivity index (χ1n) is 7.48. The molecule has 4 nitrogen and oxygen atoms in total.